The number of rotatable bonds is 9. The van der Waals surface area contributed by atoms with E-state index in [0.29, 0.717) is 43.7 Å². The standard InChI is InChI=1S/C36H29ClN2O5S/c1-3-43-35(41)31-32(25-12-6-4-7-13-25)38-36-39(33(31)26-14-8-5-9-15-26)34(40)30(45-36)21-23-17-18-28(29(20-23)42-2)44-22-24-11-10-16-27(37)19-24/h4-21,33H,3,22H2,1-2H3/b30-21-/t33-/m0/s1. The van der Waals surface area contributed by atoms with Crippen LogP contribution in [0.4, 0.5) is 0 Å². The lowest BCUT2D eigenvalue weighted by molar-refractivity contribution is -0.138. The highest BCUT2D eigenvalue weighted by Crippen LogP contribution is 2.35. The highest BCUT2D eigenvalue weighted by Gasteiger charge is 2.35. The summed E-state index contributed by atoms with van der Waals surface area (Å²) in [6, 6.07) is 31.2. The lowest BCUT2D eigenvalue weighted by Gasteiger charge is -2.25. The van der Waals surface area contributed by atoms with Gasteiger partial charge in [0.05, 0.1) is 35.6 Å². The molecule has 0 saturated heterocycles. The molecule has 226 valence electrons. The fourth-order valence-electron chi connectivity index (χ4n) is 5.22. The molecule has 0 N–H and O–H groups in total. The molecule has 4 aromatic carbocycles. The van der Waals surface area contributed by atoms with E-state index in [1.54, 1.807) is 24.7 Å². The Morgan fingerprint density at radius 3 is 2.42 bits per heavy atom. The molecule has 0 fully saturated rings. The maximum atomic E-state index is 14.1. The van der Waals surface area contributed by atoms with Gasteiger partial charge in [0, 0.05) is 10.6 Å². The number of methoxy groups -OCH3 is 1. The van der Waals surface area contributed by atoms with Gasteiger partial charge in [0.25, 0.3) is 5.56 Å². The minimum atomic E-state index is -0.726. The van der Waals surface area contributed by atoms with Crippen molar-refractivity contribution in [3.05, 3.63) is 156 Å². The van der Waals surface area contributed by atoms with E-state index in [2.05, 4.69) is 0 Å². The number of ether oxygens (including phenoxy) is 3. The Hall–Kier alpha value is -4.92. The molecule has 45 heavy (non-hydrogen) atoms. The van der Waals surface area contributed by atoms with Gasteiger partial charge in [-0.2, -0.15) is 0 Å². The van der Waals surface area contributed by atoms with Crippen molar-refractivity contribution in [3.63, 3.8) is 0 Å². The van der Waals surface area contributed by atoms with Crippen LogP contribution in [-0.2, 0) is 16.1 Å². The molecule has 1 atom stereocenters. The molecule has 0 radical (unpaired) electrons. The minimum Gasteiger partial charge on any atom is -0.493 e. The summed E-state index contributed by atoms with van der Waals surface area (Å²) < 4.78 is 19.2. The highest BCUT2D eigenvalue weighted by molar-refractivity contribution is 7.07. The Balaban J connectivity index is 1.46. The molecular weight excluding hydrogens is 608 g/mol. The monoisotopic (exact) mass is 636 g/mol. The first-order valence-electron chi connectivity index (χ1n) is 14.4. The van der Waals surface area contributed by atoms with Crippen LogP contribution in [0.15, 0.2) is 118 Å². The van der Waals surface area contributed by atoms with Gasteiger partial charge in [-0.15, -0.1) is 0 Å². The third kappa shape index (κ3) is 6.34. The first-order valence-corrected chi connectivity index (χ1v) is 15.5. The molecule has 0 bridgehead atoms. The summed E-state index contributed by atoms with van der Waals surface area (Å²) in [6.45, 7) is 2.27. The molecule has 1 aromatic heterocycles. The number of nitrogens with zero attached hydrogens (tertiary/aromatic N) is 2. The summed E-state index contributed by atoms with van der Waals surface area (Å²) in [5.74, 6) is 0.574. The van der Waals surface area contributed by atoms with Gasteiger partial charge in [-0.3, -0.25) is 9.36 Å². The lowest BCUT2D eigenvalue weighted by Crippen LogP contribution is -2.39. The first kappa shape index (κ1) is 30.1. The summed E-state index contributed by atoms with van der Waals surface area (Å²) in [5, 5.41) is 0.639. The molecule has 0 spiro atoms. The second-order valence-electron chi connectivity index (χ2n) is 10.2. The van der Waals surface area contributed by atoms with Crippen molar-refractivity contribution in [3.8, 4) is 11.5 Å². The van der Waals surface area contributed by atoms with E-state index in [9.17, 15) is 9.59 Å². The number of carbonyl (C=O) groups excluding carboxylic acids is 1. The van der Waals surface area contributed by atoms with Gasteiger partial charge in [-0.05, 0) is 54.0 Å². The van der Waals surface area contributed by atoms with Gasteiger partial charge in [0.15, 0.2) is 16.3 Å². The zero-order chi connectivity index (χ0) is 31.3. The van der Waals surface area contributed by atoms with Crippen LogP contribution < -0.4 is 24.4 Å². The van der Waals surface area contributed by atoms with E-state index in [-0.39, 0.29) is 12.2 Å². The van der Waals surface area contributed by atoms with Gasteiger partial charge >= 0.3 is 5.97 Å². The van der Waals surface area contributed by atoms with E-state index < -0.39 is 12.0 Å². The lowest BCUT2D eigenvalue weighted by atomic mass is 9.93. The Labute approximate surface area is 268 Å². The maximum Gasteiger partial charge on any atom is 0.338 e. The molecule has 7 nitrogen and oxygen atoms in total. The second kappa shape index (κ2) is 13.4. The molecule has 6 rings (SSSR count). The topological polar surface area (TPSA) is 79.1 Å². The van der Waals surface area contributed by atoms with Crippen LogP contribution in [-0.4, -0.2) is 24.3 Å². The first-order chi connectivity index (χ1) is 22.0. The van der Waals surface area contributed by atoms with E-state index in [1.807, 2.05) is 103 Å². The number of hydrogen-bond donors (Lipinski definition) is 0. The van der Waals surface area contributed by atoms with E-state index in [0.717, 1.165) is 22.3 Å². The Bertz CT molecular complexity index is 2070. The largest absolute Gasteiger partial charge is 0.493 e. The highest BCUT2D eigenvalue weighted by atomic mass is 35.5. The second-order valence-corrected chi connectivity index (χ2v) is 11.6. The summed E-state index contributed by atoms with van der Waals surface area (Å²) in [6.07, 6.45) is 1.80. The molecule has 1 aliphatic rings. The normalized spacial score (nSPS) is 14.5. The van der Waals surface area contributed by atoms with E-state index in [4.69, 9.17) is 30.8 Å². The smallest absolute Gasteiger partial charge is 0.338 e. The molecular formula is C36H29ClN2O5S. The molecule has 5 aromatic rings. The van der Waals surface area contributed by atoms with Crippen LogP contribution in [0.25, 0.3) is 11.8 Å². The number of carbonyl (C=O) groups is 1. The minimum absolute atomic E-state index is 0.191. The van der Waals surface area contributed by atoms with Crippen molar-refractivity contribution < 1.29 is 19.0 Å². The fourth-order valence-corrected chi connectivity index (χ4v) is 6.44. The molecule has 0 amide bonds. The van der Waals surface area contributed by atoms with Gasteiger partial charge in [-0.25, -0.2) is 9.79 Å². The van der Waals surface area contributed by atoms with Gasteiger partial charge in [0.2, 0.25) is 0 Å². The van der Waals surface area contributed by atoms with Crippen molar-refractivity contribution in [2.45, 2.75) is 19.6 Å². The van der Waals surface area contributed by atoms with Crippen molar-refractivity contribution >= 4 is 40.7 Å². The van der Waals surface area contributed by atoms with Crippen molar-refractivity contribution in [2.75, 3.05) is 13.7 Å². The molecule has 0 unspecified atom stereocenters. The van der Waals surface area contributed by atoms with Crippen molar-refractivity contribution in [2.24, 2.45) is 4.99 Å². The average molecular weight is 637 g/mol. The quantitative estimate of drug-likeness (QED) is 0.181. The van der Waals surface area contributed by atoms with Crippen LogP contribution in [0.5, 0.6) is 11.5 Å². The summed E-state index contributed by atoms with van der Waals surface area (Å²) >= 11 is 7.38. The van der Waals surface area contributed by atoms with Crippen molar-refractivity contribution in [1.82, 2.24) is 4.57 Å². The maximum absolute atomic E-state index is 14.1. The molecule has 0 saturated carbocycles. The SMILES string of the molecule is CCOC(=O)C1=C(c2ccccc2)N=c2s/c(=C\c3ccc(OCc4cccc(Cl)c4)c(OC)c3)c(=O)n2[C@H]1c1ccccc1. The third-order valence-electron chi connectivity index (χ3n) is 7.26. The fraction of sp³-hybridized carbons (Fsp3) is 0.139. The van der Waals surface area contributed by atoms with Gasteiger partial charge < -0.3 is 14.2 Å². The number of thiazole rings is 1. The Morgan fingerprint density at radius 1 is 0.956 bits per heavy atom. The molecule has 1 aliphatic heterocycles. The van der Waals surface area contributed by atoms with Crippen LogP contribution in [0.1, 0.15) is 35.2 Å². The Kier molecular flexibility index (Phi) is 8.96. The third-order valence-corrected chi connectivity index (χ3v) is 8.48. The zero-order valence-electron chi connectivity index (χ0n) is 24.6. The molecule has 2 heterocycles. The summed E-state index contributed by atoms with van der Waals surface area (Å²) in [5.41, 5.74) is 3.75. The Morgan fingerprint density at radius 2 is 1.71 bits per heavy atom. The average Bonchev–Trinajstić information content (AvgIpc) is 3.38. The van der Waals surface area contributed by atoms with Crippen LogP contribution in [0.2, 0.25) is 5.02 Å². The van der Waals surface area contributed by atoms with Gasteiger partial charge in [0.1, 0.15) is 6.61 Å². The van der Waals surface area contributed by atoms with Crippen molar-refractivity contribution in [1.29, 1.82) is 0 Å². The molecule has 9 heteroatoms. The van der Waals surface area contributed by atoms with Crippen LogP contribution >= 0.6 is 22.9 Å². The predicted octanol–water partition coefficient (Wildman–Crippen LogP) is 6.18. The number of esters is 1. The number of aromatic nitrogens is 1. The molecule has 0 aliphatic carbocycles. The number of benzene rings is 4. The van der Waals surface area contributed by atoms with Gasteiger partial charge in [-0.1, -0.05) is 102 Å². The number of fused-ring (bicyclic) bond motifs is 1. The number of hydrogen-bond acceptors (Lipinski definition) is 7. The number of halogens is 1. The summed E-state index contributed by atoms with van der Waals surface area (Å²) in [4.78, 5) is 33.1. The zero-order valence-corrected chi connectivity index (χ0v) is 26.2. The van der Waals surface area contributed by atoms with E-state index >= 15 is 0 Å². The predicted molar refractivity (Wildman–Crippen MR) is 176 cm³/mol. The van der Waals surface area contributed by atoms with E-state index in [1.165, 1.54) is 11.3 Å². The van der Waals surface area contributed by atoms with Crippen LogP contribution in [0.3, 0.4) is 0 Å². The summed E-state index contributed by atoms with van der Waals surface area (Å²) in [7, 11) is 1.57. The van der Waals surface area contributed by atoms with Crippen LogP contribution in [0, 0.1) is 0 Å².